The normalized spacial score (nSPS) is 18.1. The third kappa shape index (κ3) is 5.87. The number of carbonyl (C=O) groups is 1. The van der Waals surface area contributed by atoms with Crippen LogP contribution in [0.2, 0.25) is 15.1 Å². The molecule has 8 nitrogen and oxygen atoms in total. The Kier molecular flexibility index (Phi) is 8.06. The monoisotopic (exact) mass is 600 g/mol. The van der Waals surface area contributed by atoms with Crippen molar-refractivity contribution < 1.29 is 9.53 Å². The summed E-state index contributed by atoms with van der Waals surface area (Å²) >= 11 is 19.3. The number of rotatable bonds is 8. The maximum absolute atomic E-state index is 13.1. The second kappa shape index (κ2) is 11.7. The van der Waals surface area contributed by atoms with Gasteiger partial charge in [-0.25, -0.2) is 4.98 Å². The van der Waals surface area contributed by atoms with E-state index >= 15 is 0 Å². The van der Waals surface area contributed by atoms with Crippen LogP contribution in [0, 0.1) is 0 Å². The number of anilines is 3. The van der Waals surface area contributed by atoms with Gasteiger partial charge in [0.2, 0.25) is 11.8 Å². The number of para-hydroxylation sites is 1. The molecule has 210 valence electrons. The Morgan fingerprint density at radius 3 is 2.50 bits per heavy atom. The molecule has 2 aromatic carbocycles. The fourth-order valence-electron chi connectivity index (χ4n) is 5.46. The molecule has 11 heteroatoms. The summed E-state index contributed by atoms with van der Waals surface area (Å²) in [5, 5.41) is 4.63. The van der Waals surface area contributed by atoms with Gasteiger partial charge in [-0.2, -0.15) is 4.98 Å². The van der Waals surface area contributed by atoms with Crippen LogP contribution in [0.3, 0.4) is 0 Å². The Bertz CT molecular complexity index is 1390. The van der Waals surface area contributed by atoms with Crippen molar-refractivity contribution in [2.24, 2.45) is 0 Å². The highest BCUT2D eigenvalue weighted by atomic mass is 35.5. The molecular formula is C29H31Cl3N6O2. The smallest absolute Gasteiger partial charge is 0.268 e. The predicted molar refractivity (Wildman–Crippen MR) is 160 cm³/mol. The van der Waals surface area contributed by atoms with Crippen LogP contribution in [0.25, 0.3) is 0 Å². The Morgan fingerprint density at radius 2 is 1.80 bits per heavy atom. The van der Waals surface area contributed by atoms with Crippen LogP contribution < -0.4 is 15.0 Å². The number of likely N-dealkylation sites (N-methyl/N-ethyl adjacent to an activating group) is 1. The number of aromatic nitrogens is 2. The molecule has 1 N–H and O–H groups in total. The number of carbonyl (C=O) groups excluding carboxylic acids is 1. The van der Waals surface area contributed by atoms with E-state index in [1.54, 1.807) is 18.2 Å². The van der Waals surface area contributed by atoms with E-state index < -0.39 is 0 Å². The molecule has 1 aliphatic carbocycles. The zero-order valence-electron chi connectivity index (χ0n) is 22.2. The van der Waals surface area contributed by atoms with Crippen LogP contribution in [-0.4, -0.2) is 71.7 Å². The summed E-state index contributed by atoms with van der Waals surface area (Å²) in [6, 6.07) is 11.9. The molecule has 1 amide bonds. The van der Waals surface area contributed by atoms with E-state index in [0.717, 1.165) is 55.8 Å². The van der Waals surface area contributed by atoms with Gasteiger partial charge in [0.15, 0.2) is 6.73 Å². The van der Waals surface area contributed by atoms with Crippen molar-refractivity contribution in [3.05, 3.63) is 68.8 Å². The number of nitrogens with zero attached hydrogens (tertiary/aromatic N) is 5. The van der Waals surface area contributed by atoms with E-state index in [1.165, 1.54) is 29.5 Å². The van der Waals surface area contributed by atoms with Crippen molar-refractivity contribution in [1.29, 1.82) is 0 Å². The maximum atomic E-state index is 13.1. The van der Waals surface area contributed by atoms with Gasteiger partial charge < -0.3 is 19.9 Å². The molecule has 0 bridgehead atoms. The van der Waals surface area contributed by atoms with E-state index in [1.807, 2.05) is 12.1 Å². The van der Waals surface area contributed by atoms with E-state index in [4.69, 9.17) is 39.5 Å². The molecule has 3 heterocycles. The topological polar surface area (TPSA) is 73.8 Å². The Hall–Kier alpha value is -2.62. The molecule has 2 fully saturated rings. The molecule has 1 saturated carbocycles. The number of amides is 1. The molecule has 0 radical (unpaired) electrons. The van der Waals surface area contributed by atoms with E-state index in [2.05, 4.69) is 38.2 Å². The lowest BCUT2D eigenvalue weighted by atomic mass is 9.89. The fourth-order valence-corrected chi connectivity index (χ4v) is 6.39. The lowest BCUT2D eigenvalue weighted by Crippen LogP contribution is -2.39. The third-order valence-corrected chi connectivity index (χ3v) is 8.93. The predicted octanol–water partition coefficient (Wildman–Crippen LogP) is 6.45. The zero-order chi connectivity index (χ0) is 27.8. The van der Waals surface area contributed by atoms with Gasteiger partial charge in [0.25, 0.3) is 5.91 Å². The van der Waals surface area contributed by atoms with Gasteiger partial charge in [0.1, 0.15) is 5.56 Å². The van der Waals surface area contributed by atoms with Gasteiger partial charge in [0, 0.05) is 36.0 Å². The summed E-state index contributed by atoms with van der Waals surface area (Å²) in [6.45, 7) is 4.41. The Morgan fingerprint density at radius 1 is 1.05 bits per heavy atom. The van der Waals surface area contributed by atoms with Gasteiger partial charge >= 0.3 is 0 Å². The fraction of sp³-hybridized carbons (Fsp3) is 0.414. The minimum atomic E-state index is -0.337. The molecule has 1 saturated heterocycles. The Balaban J connectivity index is 1.08. The van der Waals surface area contributed by atoms with E-state index in [0.29, 0.717) is 27.6 Å². The number of fused-ring (bicyclic) bond motifs is 1. The second-order valence-corrected chi connectivity index (χ2v) is 11.9. The summed E-state index contributed by atoms with van der Waals surface area (Å²) in [5.74, 6) is 0.618. The summed E-state index contributed by atoms with van der Waals surface area (Å²) < 4.78 is 5.79. The number of halogens is 3. The second-order valence-electron chi connectivity index (χ2n) is 10.7. The molecule has 1 aromatic heterocycles. The summed E-state index contributed by atoms with van der Waals surface area (Å²) in [5.41, 5.74) is 2.57. The minimum Gasteiger partial charge on any atom is -0.455 e. The van der Waals surface area contributed by atoms with Crippen molar-refractivity contribution >= 4 is 58.0 Å². The molecule has 3 aromatic rings. The van der Waals surface area contributed by atoms with Gasteiger partial charge in [-0.15, -0.1) is 0 Å². The van der Waals surface area contributed by atoms with Crippen LogP contribution in [0.5, 0.6) is 5.88 Å². The molecule has 0 spiro atoms. The van der Waals surface area contributed by atoms with Crippen LogP contribution >= 0.6 is 34.8 Å². The number of benzene rings is 2. The largest absolute Gasteiger partial charge is 0.455 e. The highest BCUT2D eigenvalue weighted by molar-refractivity contribution is 6.40. The molecule has 6 rings (SSSR count). The van der Waals surface area contributed by atoms with Crippen molar-refractivity contribution in [2.45, 2.75) is 37.6 Å². The highest BCUT2D eigenvalue weighted by Gasteiger charge is 2.31. The number of likely N-dealkylation sites (tertiary alicyclic amines) is 1. The molecule has 3 aliphatic rings. The van der Waals surface area contributed by atoms with Crippen LogP contribution in [-0.2, 0) is 0 Å². The number of ether oxygens (including phenoxy) is 1. The zero-order valence-corrected chi connectivity index (χ0v) is 24.5. The molecule has 0 atom stereocenters. The van der Waals surface area contributed by atoms with E-state index in [9.17, 15) is 4.79 Å². The van der Waals surface area contributed by atoms with Crippen LogP contribution in [0.4, 0.5) is 17.3 Å². The maximum Gasteiger partial charge on any atom is 0.268 e. The molecular weight excluding hydrogens is 571 g/mol. The number of piperidine rings is 1. The van der Waals surface area contributed by atoms with Crippen LogP contribution in [0.15, 0.2) is 42.6 Å². The summed E-state index contributed by atoms with van der Waals surface area (Å²) in [4.78, 5) is 28.3. The number of hydrogen-bond acceptors (Lipinski definition) is 7. The van der Waals surface area contributed by atoms with Crippen molar-refractivity contribution in [1.82, 2.24) is 19.8 Å². The first-order chi connectivity index (χ1) is 19.4. The lowest BCUT2D eigenvalue weighted by molar-refractivity contribution is 0.0932. The molecule has 2 aliphatic heterocycles. The van der Waals surface area contributed by atoms with Crippen molar-refractivity contribution in [2.75, 3.05) is 50.2 Å². The van der Waals surface area contributed by atoms with Gasteiger partial charge in [-0.3, -0.25) is 9.69 Å². The quantitative estimate of drug-likeness (QED) is 0.318. The average Bonchev–Trinajstić information content (AvgIpc) is 3.79. The first kappa shape index (κ1) is 27.5. The Labute approximate surface area is 249 Å². The van der Waals surface area contributed by atoms with Crippen molar-refractivity contribution in [3.63, 3.8) is 0 Å². The molecule has 40 heavy (non-hydrogen) atoms. The van der Waals surface area contributed by atoms with Gasteiger partial charge in [-0.05, 0) is 81.6 Å². The summed E-state index contributed by atoms with van der Waals surface area (Å²) in [7, 11) is 2.24. The summed E-state index contributed by atoms with van der Waals surface area (Å²) in [6.07, 6.45) is 6.36. The number of nitrogens with one attached hydrogen (secondary N) is 1. The number of hydrogen-bond donors (Lipinski definition) is 1. The molecule has 0 unspecified atom stereocenters. The SMILES string of the molecule is CN(CCN1CCC(c2ccc(Nc3ncc4c(n3)OCN(c3c(Cl)cccc3Cl)C4=O)cc2Cl)CC1)C1CC1. The first-order valence-corrected chi connectivity index (χ1v) is 14.8. The third-order valence-electron chi connectivity index (χ3n) is 7.99. The van der Waals surface area contributed by atoms with Gasteiger partial charge in [0.05, 0.1) is 15.7 Å². The standard InChI is InChI=1S/C29H31Cl3N6O2/c1-36(20-6-7-20)13-14-37-11-9-18(10-12-37)21-8-5-19(15-25(21)32)34-29-33-16-22-27(35-29)40-17-38(28(22)39)26-23(30)3-2-4-24(26)31/h2-5,8,15-16,18,20H,6-7,9-14,17H2,1H3,(H,33,34,35). The van der Waals surface area contributed by atoms with E-state index in [-0.39, 0.29) is 24.1 Å². The van der Waals surface area contributed by atoms with Crippen molar-refractivity contribution in [3.8, 4) is 5.88 Å². The lowest BCUT2D eigenvalue weighted by Gasteiger charge is -2.33. The minimum absolute atomic E-state index is 0.0672. The van der Waals surface area contributed by atoms with Crippen LogP contribution in [0.1, 0.15) is 47.5 Å². The van der Waals surface area contributed by atoms with Gasteiger partial charge in [-0.1, -0.05) is 46.9 Å². The first-order valence-electron chi connectivity index (χ1n) is 13.6. The highest BCUT2D eigenvalue weighted by Crippen LogP contribution is 2.38. The average molecular weight is 602 g/mol.